The molecule has 0 saturated heterocycles. The number of hydrogen-bond donors (Lipinski definition) is 0. The molecule has 0 aliphatic carbocycles. The van der Waals surface area contributed by atoms with Gasteiger partial charge in [0.25, 0.3) is 0 Å². The average molecular weight is 351 g/mol. The van der Waals surface area contributed by atoms with Gasteiger partial charge in [-0.1, -0.05) is 42.8 Å². The molecule has 1 aromatic rings. The van der Waals surface area contributed by atoms with Crippen molar-refractivity contribution in [2.24, 2.45) is 0 Å². The maximum absolute atomic E-state index is 13.5. The van der Waals surface area contributed by atoms with Crippen molar-refractivity contribution in [2.45, 2.75) is 11.7 Å². The highest BCUT2D eigenvalue weighted by atomic mass is 19.4. The minimum atomic E-state index is -5.00. The molecule has 0 aromatic heterocycles. The van der Waals surface area contributed by atoms with Crippen LogP contribution in [0.3, 0.4) is 0 Å². The van der Waals surface area contributed by atoms with E-state index in [1.54, 1.807) is 18.2 Å². The molecule has 0 spiro atoms. The van der Waals surface area contributed by atoms with Crippen LogP contribution < -0.4 is 0 Å². The maximum atomic E-state index is 13.5. The number of hydrogen-bond acceptors (Lipinski definition) is 4. The van der Waals surface area contributed by atoms with E-state index in [2.05, 4.69) is 23.2 Å². The number of carbonyl (C=O) groups is 2. The van der Waals surface area contributed by atoms with Crippen molar-refractivity contribution >= 4 is 11.8 Å². The highest BCUT2D eigenvalue weighted by molar-refractivity contribution is 6.08. The van der Waals surface area contributed by atoms with Crippen molar-refractivity contribution in [3.63, 3.8) is 0 Å². The van der Waals surface area contributed by atoms with Crippen LogP contribution in [0.1, 0.15) is 10.4 Å². The van der Waals surface area contributed by atoms with Gasteiger partial charge in [-0.3, -0.25) is 9.69 Å². The summed E-state index contributed by atoms with van der Waals surface area (Å²) in [6, 6.07) is 8.07. The zero-order valence-corrected chi connectivity index (χ0v) is 13.7. The van der Waals surface area contributed by atoms with Crippen LogP contribution in [0, 0.1) is 11.8 Å². The van der Waals surface area contributed by atoms with E-state index in [4.69, 9.17) is 0 Å². The fourth-order valence-corrected chi connectivity index (χ4v) is 2.07. The number of benzene rings is 1. The SMILES string of the molecule is C=C=CC(C(=O)OC)(N(C)CC#CC(=O)c1ccccc1)C(F)(F)F. The average Bonchev–Trinajstić information content (AvgIpc) is 2.58. The Kier molecular flexibility index (Phi) is 6.75. The van der Waals surface area contributed by atoms with E-state index < -0.39 is 30.0 Å². The van der Waals surface area contributed by atoms with Crippen molar-refractivity contribution < 1.29 is 27.5 Å². The van der Waals surface area contributed by atoms with Crippen LogP contribution in [-0.2, 0) is 9.53 Å². The Hall–Kier alpha value is -2.81. The summed E-state index contributed by atoms with van der Waals surface area (Å²) in [5.74, 6) is 2.52. The fourth-order valence-electron chi connectivity index (χ4n) is 2.07. The molecule has 0 radical (unpaired) electrons. The molecule has 0 aliphatic heterocycles. The molecule has 4 nitrogen and oxygen atoms in total. The van der Waals surface area contributed by atoms with Crippen LogP contribution >= 0.6 is 0 Å². The third kappa shape index (κ3) is 4.38. The van der Waals surface area contributed by atoms with E-state index in [0.717, 1.165) is 14.2 Å². The van der Waals surface area contributed by atoms with Crippen molar-refractivity contribution in [3.8, 4) is 11.8 Å². The summed E-state index contributed by atoms with van der Waals surface area (Å²) in [6.07, 6.45) is -4.52. The van der Waals surface area contributed by atoms with Gasteiger partial charge in [0.05, 0.1) is 13.7 Å². The first-order valence-electron chi connectivity index (χ1n) is 7.02. The first-order valence-corrected chi connectivity index (χ1v) is 7.02. The number of methoxy groups -OCH3 is 1. The molecule has 1 atom stereocenters. The standard InChI is InChI=1S/C18H16F3NO3/c1-4-12-17(16(24)25-3,18(19,20)21)22(2)13-8-11-15(23)14-9-6-5-7-10-14/h5-7,9-10,12H,1,13H2,2-3H3. The predicted octanol–water partition coefficient (Wildman–Crippen LogP) is 2.62. The number of Topliss-reactive ketones (excluding diaryl/α,β-unsaturated/α-hetero) is 1. The Morgan fingerprint density at radius 2 is 1.88 bits per heavy atom. The van der Waals surface area contributed by atoms with Gasteiger partial charge >= 0.3 is 12.1 Å². The van der Waals surface area contributed by atoms with E-state index >= 15 is 0 Å². The lowest BCUT2D eigenvalue weighted by Crippen LogP contribution is -2.62. The van der Waals surface area contributed by atoms with Gasteiger partial charge in [-0.2, -0.15) is 13.2 Å². The summed E-state index contributed by atoms with van der Waals surface area (Å²) < 4.78 is 44.9. The number of esters is 1. The van der Waals surface area contributed by atoms with Gasteiger partial charge in [0.2, 0.25) is 11.3 Å². The molecule has 132 valence electrons. The van der Waals surface area contributed by atoms with E-state index in [1.165, 1.54) is 12.1 Å². The van der Waals surface area contributed by atoms with Gasteiger partial charge in [0.15, 0.2) is 0 Å². The Labute approximate surface area is 143 Å². The summed E-state index contributed by atoms with van der Waals surface area (Å²) in [4.78, 5) is 24.3. The fraction of sp³-hybridized carbons (Fsp3) is 0.278. The molecule has 0 bridgehead atoms. The second kappa shape index (κ2) is 8.34. The lowest BCUT2D eigenvalue weighted by atomic mass is 9.96. The molecule has 0 heterocycles. The molecular formula is C18H16F3NO3. The van der Waals surface area contributed by atoms with Gasteiger partial charge in [-0.15, -0.1) is 5.73 Å². The molecule has 0 saturated carbocycles. The molecule has 0 aliphatic rings. The molecule has 7 heteroatoms. The van der Waals surface area contributed by atoms with Gasteiger partial charge < -0.3 is 4.74 Å². The number of ketones is 1. The molecule has 0 N–H and O–H groups in total. The van der Waals surface area contributed by atoms with E-state index in [1.807, 2.05) is 5.73 Å². The van der Waals surface area contributed by atoms with E-state index in [9.17, 15) is 22.8 Å². The number of alkyl halides is 3. The summed E-state index contributed by atoms with van der Waals surface area (Å²) in [5.41, 5.74) is -0.787. The summed E-state index contributed by atoms with van der Waals surface area (Å²) in [5, 5.41) is 0. The summed E-state index contributed by atoms with van der Waals surface area (Å²) in [6.45, 7) is 2.59. The topological polar surface area (TPSA) is 46.6 Å². The van der Waals surface area contributed by atoms with Crippen LogP contribution in [0.2, 0.25) is 0 Å². The zero-order valence-electron chi connectivity index (χ0n) is 13.7. The van der Waals surface area contributed by atoms with Crippen molar-refractivity contribution in [1.29, 1.82) is 0 Å². The van der Waals surface area contributed by atoms with E-state index in [-0.39, 0.29) is 0 Å². The molecule has 1 aromatic carbocycles. The maximum Gasteiger partial charge on any atom is 0.421 e. The number of rotatable bonds is 5. The highest BCUT2D eigenvalue weighted by Gasteiger charge is 2.62. The number of ether oxygens (including phenoxy) is 1. The lowest BCUT2D eigenvalue weighted by molar-refractivity contribution is -0.221. The first kappa shape index (κ1) is 20.2. The number of nitrogens with zero attached hydrogens (tertiary/aromatic N) is 1. The smallest absolute Gasteiger partial charge is 0.421 e. The molecular weight excluding hydrogens is 335 g/mol. The Morgan fingerprint density at radius 1 is 1.28 bits per heavy atom. The number of carbonyl (C=O) groups excluding carboxylic acids is 2. The lowest BCUT2D eigenvalue weighted by Gasteiger charge is -2.36. The predicted molar refractivity (Wildman–Crippen MR) is 85.7 cm³/mol. The highest BCUT2D eigenvalue weighted by Crippen LogP contribution is 2.37. The molecule has 1 rings (SSSR count). The quantitative estimate of drug-likeness (QED) is 0.269. The largest absolute Gasteiger partial charge is 0.467 e. The van der Waals surface area contributed by atoms with Crippen LogP contribution in [0.15, 0.2) is 48.7 Å². The molecule has 0 fully saturated rings. The molecule has 1 unspecified atom stereocenters. The summed E-state index contributed by atoms with van der Waals surface area (Å²) >= 11 is 0. The second-order valence-electron chi connectivity index (χ2n) is 4.96. The van der Waals surface area contributed by atoms with Gasteiger partial charge in [0.1, 0.15) is 0 Å². The minimum Gasteiger partial charge on any atom is -0.467 e. The van der Waals surface area contributed by atoms with Gasteiger partial charge in [-0.05, 0) is 19.0 Å². The third-order valence-corrected chi connectivity index (χ3v) is 3.40. The normalized spacial score (nSPS) is 13.0. The van der Waals surface area contributed by atoms with Crippen LogP contribution in [0.25, 0.3) is 0 Å². The van der Waals surface area contributed by atoms with Crippen LogP contribution in [-0.4, -0.2) is 49.1 Å². The molecule has 0 amide bonds. The van der Waals surface area contributed by atoms with Gasteiger partial charge in [-0.25, -0.2) is 4.79 Å². The Balaban J connectivity index is 3.11. The zero-order chi connectivity index (χ0) is 19.1. The Bertz CT molecular complexity index is 740. The summed E-state index contributed by atoms with van der Waals surface area (Å²) in [7, 11) is 1.89. The van der Waals surface area contributed by atoms with Crippen molar-refractivity contribution in [3.05, 3.63) is 54.3 Å². The number of likely N-dealkylation sites (N-methyl/N-ethyl adjacent to an activating group) is 1. The Morgan fingerprint density at radius 3 is 2.36 bits per heavy atom. The van der Waals surface area contributed by atoms with Crippen molar-refractivity contribution in [1.82, 2.24) is 4.90 Å². The van der Waals surface area contributed by atoms with Crippen LogP contribution in [0.4, 0.5) is 13.2 Å². The third-order valence-electron chi connectivity index (χ3n) is 3.40. The monoisotopic (exact) mass is 351 g/mol. The van der Waals surface area contributed by atoms with E-state index in [0.29, 0.717) is 16.5 Å². The number of halogens is 3. The van der Waals surface area contributed by atoms with Gasteiger partial charge in [0, 0.05) is 5.56 Å². The van der Waals surface area contributed by atoms with Crippen LogP contribution in [0.5, 0.6) is 0 Å². The molecule has 25 heavy (non-hydrogen) atoms. The van der Waals surface area contributed by atoms with Crippen molar-refractivity contribution in [2.75, 3.05) is 20.7 Å². The first-order chi connectivity index (χ1) is 11.7. The minimum absolute atomic E-state index is 0.318. The second-order valence-corrected chi connectivity index (χ2v) is 4.96.